The first kappa shape index (κ1) is 11.6. The van der Waals surface area contributed by atoms with Crippen LogP contribution in [0.4, 0.5) is 4.39 Å². The van der Waals surface area contributed by atoms with E-state index in [-0.39, 0.29) is 11.6 Å². The van der Waals surface area contributed by atoms with Gasteiger partial charge in [0.05, 0.1) is 9.75 Å². The minimum absolute atomic E-state index is 0.0229. The highest BCUT2D eigenvalue weighted by atomic mass is 32.1. The normalized spacial score (nSPS) is 11.0. The molecule has 2 heterocycles. The van der Waals surface area contributed by atoms with Crippen LogP contribution in [0.15, 0.2) is 36.4 Å². The number of carbonyl (C=O) groups excluding carboxylic acids is 1. The minimum Gasteiger partial charge on any atom is -0.287 e. The summed E-state index contributed by atoms with van der Waals surface area (Å²) in [6.45, 7) is 1.97. The zero-order valence-electron chi connectivity index (χ0n) is 9.57. The molecule has 18 heavy (non-hydrogen) atoms. The van der Waals surface area contributed by atoms with Crippen LogP contribution in [0, 0.1) is 12.7 Å². The Hall–Kier alpha value is -1.52. The quantitative estimate of drug-likeness (QED) is 0.623. The van der Waals surface area contributed by atoms with Crippen molar-refractivity contribution in [1.29, 1.82) is 0 Å². The fraction of sp³-hybridized carbons (Fsp3) is 0.0714. The SMILES string of the molecule is Cc1ccc(C(=O)c2cc3ccc(F)cc3s2)s1. The molecule has 0 aliphatic carbocycles. The summed E-state index contributed by atoms with van der Waals surface area (Å²) in [6, 6.07) is 10.2. The average molecular weight is 276 g/mol. The van der Waals surface area contributed by atoms with Gasteiger partial charge in [0.15, 0.2) is 0 Å². The predicted molar refractivity (Wildman–Crippen MR) is 74.3 cm³/mol. The smallest absolute Gasteiger partial charge is 0.212 e. The first-order valence-corrected chi connectivity index (χ1v) is 7.07. The van der Waals surface area contributed by atoms with Gasteiger partial charge in [0.2, 0.25) is 5.78 Å². The number of carbonyl (C=O) groups is 1. The number of hydrogen-bond acceptors (Lipinski definition) is 3. The van der Waals surface area contributed by atoms with Crippen LogP contribution >= 0.6 is 22.7 Å². The lowest BCUT2D eigenvalue weighted by Crippen LogP contribution is -1.93. The van der Waals surface area contributed by atoms with Crippen molar-refractivity contribution in [2.45, 2.75) is 6.92 Å². The van der Waals surface area contributed by atoms with E-state index in [2.05, 4.69) is 0 Å². The molecule has 0 aliphatic heterocycles. The van der Waals surface area contributed by atoms with Gasteiger partial charge < -0.3 is 0 Å². The van der Waals surface area contributed by atoms with Gasteiger partial charge in [-0.15, -0.1) is 22.7 Å². The Balaban J connectivity index is 2.06. The summed E-state index contributed by atoms with van der Waals surface area (Å²) in [7, 11) is 0. The van der Waals surface area contributed by atoms with E-state index in [9.17, 15) is 9.18 Å². The average Bonchev–Trinajstić information content (AvgIpc) is 2.93. The Morgan fingerprint density at radius 2 is 1.89 bits per heavy atom. The Morgan fingerprint density at radius 1 is 1.06 bits per heavy atom. The lowest BCUT2D eigenvalue weighted by Gasteiger charge is -1.90. The zero-order valence-corrected chi connectivity index (χ0v) is 11.2. The van der Waals surface area contributed by atoms with Gasteiger partial charge in [-0.05, 0) is 42.6 Å². The van der Waals surface area contributed by atoms with E-state index in [1.165, 1.54) is 34.8 Å². The van der Waals surface area contributed by atoms with E-state index in [1.54, 1.807) is 6.07 Å². The Bertz CT molecular complexity index is 739. The maximum atomic E-state index is 13.1. The number of halogens is 1. The molecule has 0 N–H and O–H groups in total. The summed E-state index contributed by atoms with van der Waals surface area (Å²) in [5, 5.41) is 0.915. The zero-order chi connectivity index (χ0) is 12.7. The van der Waals surface area contributed by atoms with Gasteiger partial charge in [0, 0.05) is 9.58 Å². The number of rotatable bonds is 2. The van der Waals surface area contributed by atoms with Gasteiger partial charge in [0.25, 0.3) is 0 Å². The fourth-order valence-corrected chi connectivity index (χ4v) is 3.72. The second-order valence-electron chi connectivity index (χ2n) is 4.03. The summed E-state index contributed by atoms with van der Waals surface area (Å²) >= 11 is 2.83. The molecule has 1 aromatic carbocycles. The molecule has 3 aromatic rings. The molecule has 0 bridgehead atoms. The second kappa shape index (κ2) is 4.30. The molecule has 3 rings (SSSR count). The van der Waals surface area contributed by atoms with Crippen molar-refractivity contribution < 1.29 is 9.18 Å². The predicted octanol–water partition coefficient (Wildman–Crippen LogP) is 4.64. The van der Waals surface area contributed by atoms with Crippen LogP contribution in [0.5, 0.6) is 0 Å². The summed E-state index contributed by atoms with van der Waals surface area (Å²) in [4.78, 5) is 14.8. The Kier molecular flexibility index (Phi) is 2.76. The first-order valence-electron chi connectivity index (χ1n) is 5.44. The molecule has 90 valence electrons. The van der Waals surface area contributed by atoms with Crippen LogP contribution in [0.3, 0.4) is 0 Å². The maximum Gasteiger partial charge on any atom is 0.212 e. The maximum absolute atomic E-state index is 13.1. The second-order valence-corrected chi connectivity index (χ2v) is 6.40. The number of ketones is 1. The van der Waals surface area contributed by atoms with Crippen LogP contribution in [0.1, 0.15) is 19.4 Å². The molecular weight excluding hydrogens is 267 g/mol. The van der Waals surface area contributed by atoms with Crippen LogP contribution < -0.4 is 0 Å². The lowest BCUT2D eigenvalue weighted by atomic mass is 10.2. The van der Waals surface area contributed by atoms with Gasteiger partial charge in [-0.1, -0.05) is 6.07 Å². The largest absolute Gasteiger partial charge is 0.287 e. The van der Waals surface area contributed by atoms with Crippen molar-refractivity contribution in [3.63, 3.8) is 0 Å². The third-order valence-corrected chi connectivity index (χ3v) is 4.77. The molecule has 0 unspecified atom stereocenters. The topological polar surface area (TPSA) is 17.1 Å². The molecule has 0 amide bonds. The van der Waals surface area contributed by atoms with E-state index in [1.807, 2.05) is 25.1 Å². The molecule has 0 aliphatic rings. The molecule has 0 saturated heterocycles. The molecule has 1 nitrogen and oxygen atoms in total. The Labute approximate surface area is 112 Å². The van der Waals surface area contributed by atoms with Crippen molar-refractivity contribution in [3.8, 4) is 0 Å². The van der Waals surface area contributed by atoms with E-state index < -0.39 is 0 Å². The van der Waals surface area contributed by atoms with Gasteiger partial charge in [-0.2, -0.15) is 0 Å². The molecule has 0 spiro atoms. The van der Waals surface area contributed by atoms with Crippen LogP contribution in [-0.2, 0) is 0 Å². The Morgan fingerprint density at radius 3 is 2.61 bits per heavy atom. The summed E-state index contributed by atoms with van der Waals surface area (Å²) < 4.78 is 13.9. The molecular formula is C14H9FOS2. The highest BCUT2D eigenvalue weighted by molar-refractivity contribution is 7.22. The number of benzene rings is 1. The van der Waals surface area contributed by atoms with Crippen LogP contribution in [0.2, 0.25) is 0 Å². The molecule has 0 radical (unpaired) electrons. The van der Waals surface area contributed by atoms with Crippen molar-refractivity contribution in [3.05, 3.63) is 56.8 Å². The van der Waals surface area contributed by atoms with Crippen LogP contribution in [-0.4, -0.2) is 5.78 Å². The molecule has 2 aromatic heterocycles. The van der Waals surface area contributed by atoms with Gasteiger partial charge in [-0.3, -0.25) is 4.79 Å². The molecule has 0 saturated carbocycles. The summed E-state index contributed by atoms with van der Waals surface area (Å²) in [5.41, 5.74) is 0. The van der Waals surface area contributed by atoms with E-state index in [0.717, 1.165) is 19.8 Å². The number of aryl methyl sites for hydroxylation is 1. The van der Waals surface area contributed by atoms with Crippen molar-refractivity contribution >= 4 is 38.5 Å². The van der Waals surface area contributed by atoms with E-state index >= 15 is 0 Å². The molecule has 4 heteroatoms. The fourth-order valence-electron chi connectivity index (χ4n) is 1.79. The third kappa shape index (κ3) is 1.98. The monoisotopic (exact) mass is 276 g/mol. The van der Waals surface area contributed by atoms with Gasteiger partial charge in [-0.25, -0.2) is 4.39 Å². The highest BCUT2D eigenvalue weighted by Crippen LogP contribution is 2.29. The van der Waals surface area contributed by atoms with Crippen molar-refractivity contribution in [1.82, 2.24) is 0 Å². The minimum atomic E-state index is -0.268. The van der Waals surface area contributed by atoms with Crippen molar-refractivity contribution in [2.75, 3.05) is 0 Å². The highest BCUT2D eigenvalue weighted by Gasteiger charge is 2.14. The molecule has 0 atom stereocenters. The molecule has 0 fully saturated rings. The summed E-state index contributed by atoms with van der Waals surface area (Å²) in [5.74, 6) is -0.245. The third-order valence-electron chi connectivity index (χ3n) is 2.67. The van der Waals surface area contributed by atoms with E-state index in [4.69, 9.17) is 0 Å². The van der Waals surface area contributed by atoms with Gasteiger partial charge in [0.1, 0.15) is 5.82 Å². The lowest BCUT2D eigenvalue weighted by molar-refractivity contribution is 0.104. The first-order chi connectivity index (χ1) is 8.63. The number of fused-ring (bicyclic) bond motifs is 1. The van der Waals surface area contributed by atoms with Crippen molar-refractivity contribution in [2.24, 2.45) is 0 Å². The summed E-state index contributed by atoms with van der Waals surface area (Å²) in [6.07, 6.45) is 0. The van der Waals surface area contributed by atoms with Gasteiger partial charge >= 0.3 is 0 Å². The number of hydrogen-bond donors (Lipinski definition) is 0. The van der Waals surface area contributed by atoms with E-state index in [0.29, 0.717) is 4.88 Å². The standard InChI is InChI=1S/C14H9FOS2/c1-8-2-5-11(17-8)14(16)13-6-9-3-4-10(15)7-12(9)18-13/h2-7H,1H3. The van der Waals surface area contributed by atoms with Crippen LogP contribution in [0.25, 0.3) is 10.1 Å². The number of thiophene rings is 2.